The molecule has 5 aromatic carbocycles. The minimum atomic E-state index is 1.13. The van der Waals surface area contributed by atoms with E-state index in [-0.39, 0.29) is 0 Å². The lowest BCUT2D eigenvalue weighted by Crippen LogP contribution is -2.02. The normalized spacial score (nSPS) is 11.8. The summed E-state index contributed by atoms with van der Waals surface area (Å²) < 4.78 is 6.98. The summed E-state index contributed by atoms with van der Waals surface area (Å²) in [6.45, 7) is 0. The molecule has 3 nitrogen and oxygen atoms in total. The number of nitrogens with zero attached hydrogens (tertiary/aromatic N) is 3. The van der Waals surface area contributed by atoms with Gasteiger partial charge in [-0.2, -0.15) is 0 Å². The molecule has 0 bridgehead atoms. The summed E-state index contributed by atoms with van der Waals surface area (Å²) in [5.74, 6) is 0. The molecule has 3 aromatic heterocycles. The molecule has 3 heteroatoms. The third kappa shape index (κ3) is 3.01. The molecular weight excluding hydrogens is 450 g/mol. The second-order valence-electron chi connectivity index (χ2n) is 9.57. The summed E-state index contributed by atoms with van der Waals surface area (Å²) in [6, 6.07) is 45.8. The quantitative estimate of drug-likeness (QED) is 0.244. The minimum Gasteiger partial charge on any atom is -0.316 e. The second kappa shape index (κ2) is 7.74. The van der Waals surface area contributed by atoms with Crippen molar-refractivity contribution >= 4 is 43.6 Å². The number of hydrogen-bond donors (Lipinski definition) is 0. The van der Waals surface area contributed by atoms with Crippen molar-refractivity contribution in [3.05, 3.63) is 140 Å². The molecule has 0 unspecified atom stereocenters. The van der Waals surface area contributed by atoms with Crippen LogP contribution in [0.3, 0.4) is 0 Å². The highest BCUT2D eigenvalue weighted by Crippen LogP contribution is 2.34. The van der Waals surface area contributed by atoms with E-state index >= 15 is 0 Å². The molecule has 0 N–H and O–H groups in total. The second-order valence-corrected chi connectivity index (χ2v) is 9.57. The van der Waals surface area contributed by atoms with E-state index < -0.39 is 0 Å². The summed E-state index contributed by atoms with van der Waals surface area (Å²) in [5, 5.41) is 5.00. The van der Waals surface area contributed by atoms with Gasteiger partial charge in [-0.05, 0) is 65.4 Å². The summed E-state index contributed by atoms with van der Waals surface area (Å²) >= 11 is 0. The Labute approximate surface area is 214 Å². The molecule has 0 atom stereocenters. The first-order chi connectivity index (χ1) is 18.3. The van der Waals surface area contributed by atoms with Crippen molar-refractivity contribution in [3.63, 3.8) is 0 Å². The third-order valence-electron chi connectivity index (χ3n) is 7.48. The van der Waals surface area contributed by atoms with Crippen molar-refractivity contribution in [2.75, 3.05) is 0 Å². The maximum Gasteiger partial charge on any atom is 0.0541 e. The van der Waals surface area contributed by atoms with Crippen molar-refractivity contribution in [1.82, 2.24) is 13.7 Å². The molecule has 0 spiro atoms. The molecule has 8 rings (SSSR count). The first kappa shape index (κ1) is 20.2. The molecule has 37 heavy (non-hydrogen) atoms. The van der Waals surface area contributed by atoms with Crippen LogP contribution in [-0.4, -0.2) is 13.7 Å². The lowest BCUT2D eigenvalue weighted by Gasteiger charge is -2.16. The Balaban J connectivity index is 1.48. The maximum absolute atomic E-state index is 2.40. The van der Waals surface area contributed by atoms with Crippen LogP contribution in [-0.2, 0) is 0 Å². The highest BCUT2D eigenvalue weighted by molar-refractivity contribution is 6.09. The van der Waals surface area contributed by atoms with Gasteiger partial charge in [0.1, 0.15) is 0 Å². The first-order valence-corrected chi connectivity index (χ1v) is 12.6. The van der Waals surface area contributed by atoms with Gasteiger partial charge in [-0.1, -0.05) is 72.8 Å². The molecule has 0 saturated heterocycles. The molecule has 174 valence electrons. The Morgan fingerprint density at radius 1 is 0.351 bits per heavy atom. The van der Waals surface area contributed by atoms with Crippen molar-refractivity contribution in [2.24, 2.45) is 0 Å². The predicted octanol–water partition coefficient (Wildman–Crippen LogP) is 8.67. The Morgan fingerprint density at radius 3 is 1.27 bits per heavy atom. The van der Waals surface area contributed by atoms with Gasteiger partial charge in [0.05, 0.1) is 27.8 Å². The van der Waals surface area contributed by atoms with Crippen LogP contribution in [0, 0.1) is 0 Å². The molecule has 0 amide bonds. The zero-order valence-electron chi connectivity index (χ0n) is 20.1. The fourth-order valence-electron chi connectivity index (χ4n) is 5.80. The third-order valence-corrected chi connectivity index (χ3v) is 7.48. The van der Waals surface area contributed by atoms with Crippen LogP contribution >= 0.6 is 0 Å². The molecule has 0 fully saturated rings. The SMILES string of the molecule is c1ccc2c(c1)ccn2-c1cc(-n2ccc3ccccc32)cc(-n2c3ccccc3c3ccccc32)c1. The van der Waals surface area contributed by atoms with E-state index in [0.29, 0.717) is 0 Å². The number of aromatic nitrogens is 3. The van der Waals surface area contributed by atoms with E-state index in [2.05, 4.69) is 153 Å². The zero-order valence-corrected chi connectivity index (χ0v) is 20.1. The van der Waals surface area contributed by atoms with Gasteiger partial charge in [-0.25, -0.2) is 0 Å². The Kier molecular flexibility index (Phi) is 4.23. The van der Waals surface area contributed by atoms with Gasteiger partial charge in [0.25, 0.3) is 0 Å². The fourth-order valence-corrected chi connectivity index (χ4v) is 5.80. The van der Waals surface area contributed by atoms with E-state index in [0.717, 1.165) is 17.1 Å². The van der Waals surface area contributed by atoms with Crippen molar-refractivity contribution in [1.29, 1.82) is 0 Å². The monoisotopic (exact) mass is 473 g/mol. The average Bonchev–Trinajstić information content (AvgIpc) is 3.66. The first-order valence-electron chi connectivity index (χ1n) is 12.6. The lowest BCUT2D eigenvalue weighted by molar-refractivity contribution is 1.06. The summed E-state index contributed by atoms with van der Waals surface area (Å²) in [7, 11) is 0. The fraction of sp³-hybridized carbons (Fsp3) is 0. The van der Waals surface area contributed by atoms with Gasteiger partial charge in [0.15, 0.2) is 0 Å². The molecule has 0 aliphatic rings. The molecule has 8 aromatic rings. The summed E-state index contributed by atoms with van der Waals surface area (Å²) in [5.41, 5.74) is 8.22. The van der Waals surface area contributed by atoms with Gasteiger partial charge >= 0.3 is 0 Å². The van der Waals surface area contributed by atoms with E-state index in [9.17, 15) is 0 Å². The van der Waals surface area contributed by atoms with Gasteiger partial charge in [0, 0.05) is 34.5 Å². The summed E-state index contributed by atoms with van der Waals surface area (Å²) in [4.78, 5) is 0. The van der Waals surface area contributed by atoms with E-state index in [1.54, 1.807) is 0 Å². The Morgan fingerprint density at radius 2 is 0.757 bits per heavy atom. The molecule has 0 radical (unpaired) electrons. The Bertz CT molecular complexity index is 1960. The minimum absolute atomic E-state index is 1.13. The van der Waals surface area contributed by atoms with Crippen molar-refractivity contribution in [2.45, 2.75) is 0 Å². The molecule has 0 saturated carbocycles. The van der Waals surface area contributed by atoms with Gasteiger partial charge < -0.3 is 13.7 Å². The van der Waals surface area contributed by atoms with Crippen LogP contribution in [0.2, 0.25) is 0 Å². The van der Waals surface area contributed by atoms with Gasteiger partial charge in [0.2, 0.25) is 0 Å². The number of rotatable bonds is 3. The highest BCUT2D eigenvalue weighted by Gasteiger charge is 2.15. The van der Waals surface area contributed by atoms with E-state index in [1.807, 2.05) is 0 Å². The highest BCUT2D eigenvalue weighted by atomic mass is 15.0. The molecular formula is C34H23N3. The van der Waals surface area contributed by atoms with Crippen molar-refractivity contribution < 1.29 is 0 Å². The van der Waals surface area contributed by atoms with Crippen LogP contribution in [0.15, 0.2) is 140 Å². The van der Waals surface area contributed by atoms with Gasteiger partial charge in [-0.3, -0.25) is 0 Å². The number of benzene rings is 5. The van der Waals surface area contributed by atoms with E-state index in [4.69, 9.17) is 0 Å². The molecule has 3 heterocycles. The van der Waals surface area contributed by atoms with Crippen LogP contribution in [0.4, 0.5) is 0 Å². The van der Waals surface area contributed by atoms with Crippen LogP contribution in [0.5, 0.6) is 0 Å². The predicted molar refractivity (Wildman–Crippen MR) is 154 cm³/mol. The van der Waals surface area contributed by atoms with Gasteiger partial charge in [-0.15, -0.1) is 0 Å². The number of hydrogen-bond acceptors (Lipinski definition) is 0. The zero-order chi connectivity index (χ0) is 24.3. The Hall–Kier alpha value is -5.02. The number of para-hydroxylation sites is 4. The molecule has 0 aliphatic carbocycles. The van der Waals surface area contributed by atoms with Crippen LogP contribution in [0.1, 0.15) is 0 Å². The largest absolute Gasteiger partial charge is 0.316 e. The van der Waals surface area contributed by atoms with Crippen LogP contribution in [0.25, 0.3) is 60.7 Å². The average molecular weight is 474 g/mol. The number of fused-ring (bicyclic) bond motifs is 5. The lowest BCUT2D eigenvalue weighted by atomic mass is 10.2. The van der Waals surface area contributed by atoms with Crippen LogP contribution < -0.4 is 0 Å². The standard InChI is InChI=1S/C34H23N3/c1-5-13-31-24(9-1)17-19-35(31)26-21-27(36-20-18-25-10-2-6-14-32(25)36)23-28(22-26)37-33-15-7-3-11-29(33)30-12-4-8-16-34(30)37/h1-23H. The maximum atomic E-state index is 2.40. The van der Waals surface area contributed by atoms with Crippen molar-refractivity contribution in [3.8, 4) is 17.1 Å². The smallest absolute Gasteiger partial charge is 0.0541 e. The van der Waals surface area contributed by atoms with E-state index in [1.165, 1.54) is 43.6 Å². The summed E-state index contributed by atoms with van der Waals surface area (Å²) in [6.07, 6.45) is 4.35. The molecule has 0 aliphatic heterocycles. The topological polar surface area (TPSA) is 14.8 Å².